The van der Waals surface area contributed by atoms with Crippen molar-refractivity contribution in [3.05, 3.63) is 97.8 Å². The number of carbonyl (C=O) groups excluding carboxylic acids is 1. The van der Waals surface area contributed by atoms with Crippen molar-refractivity contribution >= 4 is 22.6 Å². The smallest absolute Gasteiger partial charge is 0.325 e. The summed E-state index contributed by atoms with van der Waals surface area (Å²) >= 11 is 0. The third kappa shape index (κ3) is 3.85. The molecule has 0 spiro atoms. The summed E-state index contributed by atoms with van der Waals surface area (Å²) in [4.78, 5) is 44.0. The number of nitrogens with zero attached hydrogens (tertiary/aromatic N) is 3. The molecule has 1 N–H and O–H groups in total. The molecule has 0 atom stereocenters. The number of benzene rings is 2. The van der Waals surface area contributed by atoms with Gasteiger partial charge in [0.15, 0.2) is 5.65 Å². The van der Waals surface area contributed by atoms with E-state index in [4.69, 9.17) is 0 Å². The van der Waals surface area contributed by atoms with Gasteiger partial charge in [0.25, 0.3) is 5.56 Å². The van der Waals surface area contributed by atoms with Gasteiger partial charge in [0.05, 0.1) is 11.1 Å². The predicted octanol–water partition coefficient (Wildman–Crippen LogP) is 3.42. The number of carbonyl (C=O) groups is 1. The Morgan fingerprint density at radius 1 is 0.906 bits per heavy atom. The Hall–Kier alpha value is -4.00. The number of hydrogen-bond donors (Lipinski definition) is 1. The minimum atomic E-state index is -0.610. The fourth-order valence-electron chi connectivity index (χ4n) is 3.79. The summed E-state index contributed by atoms with van der Waals surface area (Å²) in [6, 6.07) is 16.3. The number of hydrogen-bond acceptors (Lipinski definition) is 4. The fraction of sp³-hybridized carbons (Fsp3) is 0.200. The molecule has 7 heteroatoms. The maximum absolute atomic E-state index is 13.4. The van der Waals surface area contributed by atoms with Gasteiger partial charge in [-0.1, -0.05) is 24.3 Å². The average molecular weight is 428 g/mol. The highest BCUT2D eigenvalue weighted by molar-refractivity contribution is 5.91. The van der Waals surface area contributed by atoms with E-state index in [0.717, 1.165) is 15.7 Å². The number of amides is 1. The first-order valence-electron chi connectivity index (χ1n) is 10.3. The van der Waals surface area contributed by atoms with Crippen LogP contribution in [0.5, 0.6) is 0 Å². The molecule has 0 aliphatic rings. The van der Waals surface area contributed by atoms with Crippen LogP contribution in [0.2, 0.25) is 0 Å². The van der Waals surface area contributed by atoms with Crippen molar-refractivity contribution in [3.63, 3.8) is 0 Å². The molecule has 32 heavy (non-hydrogen) atoms. The van der Waals surface area contributed by atoms with E-state index in [9.17, 15) is 14.4 Å². The zero-order valence-electron chi connectivity index (χ0n) is 18.5. The molecule has 7 nitrogen and oxygen atoms in total. The van der Waals surface area contributed by atoms with Gasteiger partial charge in [-0.3, -0.25) is 9.59 Å². The van der Waals surface area contributed by atoms with Crippen LogP contribution in [0.4, 0.5) is 5.69 Å². The normalized spacial score (nSPS) is 11.0. The number of rotatable bonds is 4. The van der Waals surface area contributed by atoms with Gasteiger partial charge in [-0.05, 0) is 74.7 Å². The van der Waals surface area contributed by atoms with Gasteiger partial charge in [0, 0.05) is 11.4 Å². The van der Waals surface area contributed by atoms with Crippen molar-refractivity contribution in [1.29, 1.82) is 0 Å². The van der Waals surface area contributed by atoms with E-state index in [2.05, 4.69) is 10.3 Å². The number of fused-ring (bicyclic) bond motifs is 1. The van der Waals surface area contributed by atoms with Crippen molar-refractivity contribution in [2.45, 2.75) is 34.2 Å². The minimum Gasteiger partial charge on any atom is -0.325 e. The highest BCUT2D eigenvalue weighted by atomic mass is 16.2. The topological polar surface area (TPSA) is 86.0 Å². The van der Waals surface area contributed by atoms with Gasteiger partial charge in [0.1, 0.15) is 6.54 Å². The summed E-state index contributed by atoms with van der Waals surface area (Å²) < 4.78 is 2.36. The second-order valence-corrected chi connectivity index (χ2v) is 7.97. The van der Waals surface area contributed by atoms with E-state index in [1.165, 1.54) is 4.57 Å². The van der Waals surface area contributed by atoms with Crippen molar-refractivity contribution in [1.82, 2.24) is 14.1 Å². The molecule has 2 aromatic carbocycles. The quantitative estimate of drug-likeness (QED) is 0.540. The molecule has 0 aliphatic carbocycles. The van der Waals surface area contributed by atoms with Gasteiger partial charge in [-0.2, -0.15) is 0 Å². The average Bonchev–Trinajstić information content (AvgIpc) is 2.74. The Kier molecular flexibility index (Phi) is 5.48. The highest BCUT2D eigenvalue weighted by Crippen LogP contribution is 2.17. The molecule has 2 heterocycles. The lowest BCUT2D eigenvalue weighted by molar-refractivity contribution is -0.116. The summed E-state index contributed by atoms with van der Waals surface area (Å²) in [7, 11) is 0. The second kappa shape index (κ2) is 8.26. The monoisotopic (exact) mass is 428 g/mol. The van der Waals surface area contributed by atoms with Crippen LogP contribution in [-0.2, 0) is 11.3 Å². The number of aryl methyl sites for hydroxylation is 4. The van der Waals surface area contributed by atoms with E-state index in [1.54, 1.807) is 43.3 Å². The van der Waals surface area contributed by atoms with E-state index in [0.29, 0.717) is 28.0 Å². The fourth-order valence-corrected chi connectivity index (χ4v) is 3.79. The van der Waals surface area contributed by atoms with Crippen LogP contribution in [0.25, 0.3) is 16.7 Å². The Bertz CT molecular complexity index is 1470. The van der Waals surface area contributed by atoms with Crippen LogP contribution in [0.1, 0.15) is 22.4 Å². The van der Waals surface area contributed by atoms with Crippen molar-refractivity contribution in [2.24, 2.45) is 0 Å². The summed E-state index contributed by atoms with van der Waals surface area (Å²) in [5.74, 6) is -0.455. The molecule has 2 aromatic heterocycles. The standard InChI is InChI=1S/C25H24N4O3/c1-15-10-11-19(13-16(15)2)27-21(30)14-28-24(31)22-17(3)12-18(4)26-23(22)29(25(28)32)20-8-6-5-7-9-20/h5-13H,14H2,1-4H3,(H,27,30). The third-order valence-electron chi connectivity index (χ3n) is 5.53. The zero-order valence-corrected chi connectivity index (χ0v) is 18.5. The van der Waals surface area contributed by atoms with Gasteiger partial charge in [-0.15, -0.1) is 0 Å². The number of aromatic nitrogens is 3. The van der Waals surface area contributed by atoms with Crippen LogP contribution in [0.3, 0.4) is 0 Å². The lowest BCUT2D eigenvalue weighted by Crippen LogP contribution is -2.42. The molecule has 0 bridgehead atoms. The zero-order chi connectivity index (χ0) is 23.0. The summed E-state index contributed by atoms with van der Waals surface area (Å²) in [5, 5.41) is 3.10. The molecule has 0 aliphatic heterocycles. The number of pyridine rings is 1. The van der Waals surface area contributed by atoms with Gasteiger partial charge < -0.3 is 5.32 Å². The lowest BCUT2D eigenvalue weighted by Gasteiger charge is -2.15. The molecular formula is C25H24N4O3. The molecule has 0 unspecified atom stereocenters. The van der Waals surface area contributed by atoms with Gasteiger partial charge in [-0.25, -0.2) is 18.9 Å². The summed E-state index contributed by atoms with van der Waals surface area (Å²) in [5.41, 5.74) is 3.88. The summed E-state index contributed by atoms with van der Waals surface area (Å²) in [6.07, 6.45) is 0. The summed E-state index contributed by atoms with van der Waals surface area (Å²) in [6.45, 7) is 7.15. The number of anilines is 1. The maximum Gasteiger partial charge on any atom is 0.337 e. The van der Waals surface area contributed by atoms with Crippen LogP contribution in [-0.4, -0.2) is 20.0 Å². The third-order valence-corrected chi connectivity index (χ3v) is 5.53. The van der Waals surface area contributed by atoms with E-state index < -0.39 is 23.7 Å². The van der Waals surface area contributed by atoms with Gasteiger partial charge >= 0.3 is 5.69 Å². The second-order valence-electron chi connectivity index (χ2n) is 7.97. The maximum atomic E-state index is 13.4. The van der Waals surface area contributed by atoms with Crippen molar-refractivity contribution < 1.29 is 4.79 Å². The molecule has 4 aromatic rings. The van der Waals surface area contributed by atoms with Crippen LogP contribution < -0.4 is 16.6 Å². The number of nitrogens with one attached hydrogen (secondary N) is 1. The Labute approximate surface area is 185 Å². The van der Waals surface area contributed by atoms with Crippen molar-refractivity contribution in [3.8, 4) is 5.69 Å². The molecule has 0 radical (unpaired) electrons. The largest absolute Gasteiger partial charge is 0.337 e. The Balaban J connectivity index is 1.86. The number of para-hydroxylation sites is 1. The predicted molar refractivity (Wildman–Crippen MR) is 126 cm³/mol. The van der Waals surface area contributed by atoms with Crippen LogP contribution in [0, 0.1) is 27.7 Å². The SMILES string of the molecule is Cc1cc(C)c2c(=O)n(CC(=O)Nc3ccc(C)c(C)c3)c(=O)n(-c3ccccc3)c2n1. The van der Waals surface area contributed by atoms with Crippen LogP contribution in [0.15, 0.2) is 64.2 Å². The first kappa shape index (κ1) is 21.2. The first-order valence-corrected chi connectivity index (χ1v) is 10.3. The Morgan fingerprint density at radius 3 is 2.31 bits per heavy atom. The molecule has 4 rings (SSSR count). The molecular weight excluding hydrogens is 404 g/mol. The molecule has 0 fully saturated rings. The highest BCUT2D eigenvalue weighted by Gasteiger charge is 2.19. The molecule has 0 saturated heterocycles. The first-order chi connectivity index (χ1) is 15.3. The minimum absolute atomic E-state index is 0.287. The van der Waals surface area contributed by atoms with E-state index in [-0.39, 0.29) is 5.65 Å². The van der Waals surface area contributed by atoms with E-state index in [1.807, 2.05) is 39.0 Å². The van der Waals surface area contributed by atoms with Crippen molar-refractivity contribution in [2.75, 3.05) is 5.32 Å². The van der Waals surface area contributed by atoms with Gasteiger partial charge in [0.2, 0.25) is 5.91 Å². The Morgan fingerprint density at radius 2 is 1.62 bits per heavy atom. The lowest BCUT2D eigenvalue weighted by atomic mass is 10.1. The molecule has 0 saturated carbocycles. The van der Waals surface area contributed by atoms with Crippen LogP contribution >= 0.6 is 0 Å². The molecule has 162 valence electrons. The molecule has 1 amide bonds. The van der Waals surface area contributed by atoms with E-state index >= 15 is 0 Å².